The number of carbonyl (C=O) groups excluding carboxylic acids is 1. The molecule has 0 aliphatic carbocycles. The summed E-state index contributed by atoms with van der Waals surface area (Å²) in [6.07, 6.45) is 1.53. The predicted octanol–water partition coefficient (Wildman–Crippen LogP) is 2.01. The van der Waals surface area contributed by atoms with Gasteiger partial charge in [0.15, 0.2) is 0 Å². The lowest BCUT2D eigenvalue weighted by Crippen LogP contribution is -2.26. The second kappa shape index (κ2) is 6.66. The molecule has 1 aromatic rings. The van der Waals surface area contributed by atoms with Gasteiger partial charge in [0.2, 0.25) is 5.91 Å². The highest BCUT2D eigenvalue weighted by Gasteiger charge is 2.10. The summed E-state index contributed by atoms with van der Waals surface area (Å²) in [5.74, 6) is 0.225. The number of carbonyl (C=O) groups is 1. The highest BCUT2D eigenvalue weighted by atomic mass is 32.1. The summed E-state index contributed by atoms with van der Waals surface area (Å²) in [5.41, 5.74) is 1.28. The van der Waals surface area contributed by atoms with Crippen molar-refractivity contribution in [1.29, 1.82) is 0 Å². The van der Waals surface area contributed by atoms with Gasteiger partial charge in [-0.2, -0.15) is 0 Å². The van der Waals surface area contributed by atoms with Crippen LogP contribution in [0.25, 0.3) is 0 Å². The summed E-state index contributed by atoms with van der Waals surface area (Å²) in [6, 6.07) is 2.10. The van der Waals surface area contributed by atoms with Crippen molar-refractivity contribution in [3.63, 3.8) is 0 Å². The van der Waals surface area contributed by atoms with Crippen LogP contribution in [0.5, 0.6) is 0 Å². The molecule has 0 atom stereocenters. The molecule has 0 saturated carbocycles. The zero-order valence-electron chi connectivity index (χ0n) is 10.2. The molecule has 0 radical (unpaired) electrons. The quantitative estimate of drug-likeness (QED) is 0.772. The third-order valence-electron chi connectivity index (χ3n) is 2.59. The highest BCUT2D eigenvalue weighted by molar-refractivity contribution is 7.10. The van der Waals surface area contributed by atoms with E-state index in [0.717, 1.165) is 19.5 Å². The van der Waals surface area contributed by atoms with Crippen molar-refractivity contribution < 1.29 is 4.79 Å². The van der Waals surface area contributed by atoms with E-state index in [0.29, 0.717) is 6.42 Å². The van der Waals surface area contributed by atoms with Crippen LogP contribution in [0, 0.1) is 6.92 Å². The third kappa shape index (κ3) is 3.94. The van der Waals surface area contributed by atoms with E-state index in [1.807, 2.05) is 19.0 Å². The normalized spacial score (nSPS) is 10.4. The lowest BCUT2D eigenvalue weighted by molar-refractivity contribution is -0.130. The number of amides is 1. The van der Waals surface area contributed by atoms with E-state index in [1.54, 1.807) is 11.3 Å². The van der Waals surface area contributed by atoms with Crippen LogP contribution in [-0.4, -0.2) is 31.4 Å². The first-order valence-corrected chi connectivity index (χ1v) is 6.44. The van der Waals surface area contributed by atoms with Gasteiger partial charge in [-0.3, -0.25) is 4.79 Å². The van der Waals surface area contributed by atoms with Crippen LogP contribution in [-0.2, 0) is 11.3 Å². The molecule has 0 unspecified atom stereocenters. The number of nitrogens with zero attached hydrogens (tertiary/aromatic N) is 1. The Kier molecular flexibility index (Phi) is 5.49. The largest absolute Gasteiger partial charge is 0.341 e. The Morgan fingerprint density at radius 2 is 2.31 bits per heavy atom. The Hall–Kier alpha value is -0.870. The van der Waals surface area contributed by atoms with Crippen molar-refractivity contribution in [1.82, 2.24) is 10.2 Å². The molecular formula is C12H20N2OS. The molecule has 1 amide bonds. The predicted molar refractivity (Wildman–Crippen MR) is 68.7 cm³/mol. The maximum absolute atomic E-state index is 11.8. The molecule has 0 aliphatic rings. The summed E-state index contributed by atoms with van der Waals surface area (Å²) in [5, 5.41) is 5.12. The van der Waals surface area contributed by atoms with Crippen molar-refractivity contribution in [3.05, 3.63) is 21.9 Å². The first kappa shape index (κ1) is 13.2. The highest BCUT2D eigenvalue weighted by Crippen LogP contribution is 2.17. The fraction of sp³-hybridized carbons (Fsp3) is 0.583. The molecule has 1 rings (SSSR count). The van der Waals surface area contributed by atoms with Gasteiger partial charge in [0.05, 0.1) is 6.54 Å². The molecule has 3 nitrogen and oxygen atoms in total. The van der Waals surface area contributed by atoms with Gasteiger partial charge in [0.25, 0.3) is 0 Å². The molecule has 0 saturated heterocycles. The van der Waals surface area contributed by atoms with Gasteiger partial charge in [-0.1, -0.05) is 0 Å². The zero-order chi connectivity index (χ0) is 12.0. The van der Waals surface area contributed by atoms with Gasteiger partial charge in [0.1, 0.15) is 0 Å². The summed E-state index contributed by atoms with van der Waals surface area (Å²) in [7, 11) is 3.78. The van der Waals surface area contributed by atoms with Gasteiger partial charge in [-0.25, -0.2) is 0 Å². The molecule has 16 heavy (non-hydrogen) atoms. The van der Waals surface area contributed by atoms with E-state index in [1.165, 1.54) is 10.4 Å². The molecule has 1 heterocycles. The zero-order valence-corrected chi connectivity index (χ0v) is 11.1. The van der Waals surface area contributed by atoms with Crippen molar-refractivity contribution in [2.75, 3.05) is 20.6 Å². The van der Waals surface area contributed by atoms with E-state index >= 15 is 0 Å². The molecule has 1 aromatic heterocycles. The van der Waals surface area contributed by atoms with Crippen molar-refractivity contribution in [3.8, 4) is 0 Å². The summed E-state index contributed by atoms with van der Waals surface area (Å²) >= 11 is 1.72. The van der Waals surface area contributed by atoms with E-state index in [-0.39, 0.29) is 5.91 Å². The molecule has 0 aromatic carbocycles. The molecule has 4 heteroatoms. The smallest absolute Gasteiger partial charge is 0.222 e. The summed E-state index contributed by atoms with van der Waals surface area (Å²) in [6.45, 7) is 3.73. The number of nitrogens with one attached hydrogen (secondary N) is 1. The maximum atomic E-state index is 11.8. The van der Waals surface area contributed by atoms with Gasteiger partial charge in [-0.05, 0) is 43.9 Å². The number of hydrogen-bond donors (Lipinski definition) is 1. The minimum Gasteiger partial charge on any atom is -0.341 e. The summed E-state index contributed by atoms with van der Waals surface area (Å²) < 4.78 is 0. The standard InChI is InChI=1S/C12H20N2OS/c1-10-6-8-16-11(10)9-14(3)12(15)5-4-7-13-2/h6,8,13H,4-5,7,9H2,1-3H3. The Morgan fingerprint density at radius 3 is 2.88 bits per heavy atom. The fourth-order valence-electron chi connectivity index (χ4n) is 1.48. The van der Waals surface area contributed by atoms with Crippen molar-refractivity contribution >= 4 is 17.2 Å². The van der Waals surface area contributed by atoms with Crippen LogP contribution in [0.3, 0.4) is 0 Å². The first-order valence-electron chi connectivity index (χ1n) is 5.56. The second-order valence-electron chi connectivity index (χ2n) is 3.98. The van der Waals surface area contributed by atoms with E-state index in [9.17, 15) is 4.79 Å². The number of hydrogen-bond acceptors (Lipinski definition) is 3. The Balaban J connectivity index is 2.37. The fourth-order valence-corrected chi connectivity index (χ4v) is 2.44. The van der Waals surface area contributed by atoms with E-state index in [4.69, 9.17) is 0 Å². The average molecular weight is 240 g/mol. The lowest BCUT2D eigenvalue weighted by atomic mass is 10.2. The topological polar surface area (TPSA) is 32.3 Å². The van der Waals surface area contributed by atoms with Crippen LogP contribution in [0.1, 0.15) is 23.3 Å². The monoisotopic (exact) mass is 240 g/mol. The van der Waals surface area contributed by atoms with E-state index in [2.05, 4.69) is 23.7 Å². The maximum Gasteiger partial charge on any atom is 0.222 e. The Morgan fingerprint density at radius 1 is 1.56 bits per heavy atom. The SMILES string of the molecule is CNCCCC(=O)N(C)Cc1sccc1C. The number of aryl methyl sites for hydroxylation is 1. The molecule has 0 fully saturated rings. The Bertz CT molecular complexity index is 336. The second-order valence-corrected chi connectivity index (χ2v) is 4.98. The summed E-state index contributed by atoms with van der Waals surface area (Å²) in [4.78, 5) is 14.9. The minimum atomic E-state index is 0.225. The van der Waals surface area contributed by atoms with Crippen LogP contribution >= 0.6 is 11.3 Å². The lowest BCUT2D eigenvalue weighted by Gasteiger charge is -2.16. The van der Waals surface area contributed by atoms with Crippen molar-refractivity contribution in [2.24, 2.45) is 0 Å². The van der Waals surface area contributed by atoms with E-state index < -0.39 is 0 Å². The van der Waals surface area contributed by atoms with Crippen LogP contribution in [0.15, 0.2) is 11.4 Å². The molecule has 90 valence electrons. The number of thiophene rings is 1. The number of rotatable bonds is 6. The Labute approximate surface area is 101 Å². The average Bonchev–Trinajstić information content (AvgIpc) is 2.64. The van der Waals surface area contributed by atoms with Crippen LogP contribution < -0.4 is 5.32 Å². The third-order valence-corrected chi connectivity index (χ3v) is 3.60. The molecule has 0 spiro atoms. The van der Waals surface area contributed by atoms with Gasteiger partial charge < -0.3 is 10.2 Å². The van der Waals surface area contributed by atoms with Gasteiger partial charge in [0, 0.05) is 18.3 Å². The first-order chi connectivity index (χ1) is 7.65. The minimum absolute atomic E-state index is 0.225. The molecule has 0 bridgehead atoms. The van der Waals surface area contributed by atoms with Gasteiger partial charge >= 0.3 is 0 Å². The molecule has 0 aliphatic heterocycles. The van der Waals surface area contributed by atoms with Crippen LogP contribution in [0.4, 0.5) is 0 Å². The van der Waals surface area contributed by atoms with Gasteiger partial charge in [-0.15, -0.1) is 11.3 Å². The van der Waals surface area contributed by atoms with Crippen molar-refractivity contribution in [2.45, 2.75) is 26.3 Å². The van der Waals surface area contributed by atoms with Crippen LogP contribution in [0.2, 0.25) is 0 Å². The molecule has 1 N–H and O–H groups in total. The molecular weight excluding hydrogens is 220 g/mol.